The van der Waals surface area contributed by atoms with Gasteiger partial charge in [-0.25, -0.2) is 14.8 Å². The molecular weight excluding hydrogens is 377 g/mol. The SMILES string of the molecule is CCOC(=O)C(/C=N/c1ccccn1)=C(/O)C(F)(F)C(F)(F)C(F)(F)F. The molecular formula is C14H11F7N2O3. The van der Waals surface area contributed by atoms with Gasteiger partial charge in [-0.05, 0) is 19.1 Å². The molecule has 1 N–H and O–H groups in total. The minimum absolute atomic E-state index is 0.163. The van der Waals surface area contributed by atoms with Crippen LogP contribution >= 0.6 is 0 Å². The smallest absolute Gasteiger partial charge is 0.460 e. The number of allylic oxidation sites excluding steroid dienone is 1. The number of ether oxygens (including phenoxy) is 1. The second kappa shape index (κ2) is 7.70. The first-order chi connectivity index (χ1) is 11.9. The fourth-order valence-electron chi connectivity index (χ4n) is 1.48. The fraction of sp³-hybridized carbons (Fsp3) is 0.357. The molecule has 0 aliphatic rings. The van der Waals surface area contributed by atoms with Crippen LogP contribution < -0.4 is 0 Å². The Bertz CT molecular complexity index is 700. The summed E-state index contributed by atoms with van der Waals surface area (Å²) in [5, 5.41) is 9.35. The number of aliphatic hydroxyl groups excluding tert-OH is 1. The monoisotopic (exact) mass is 388 g/mol. The lowest BCUT2D eigenvalue weighted by atomic mass is 10.1. The number of carbonyl (C=O) groups is 1. The number of nitrogens with zero attached hydrogens (tertiary/aromatic N) is 2. The Morgan fingerprint density at radius 2 is 1.85 bits per heavy atom. The molecule has 0 atom stereocenters. The zero-order valence-corrected chi connectivity index (χ0v) is 12.9. The van der Waals surface area contributed by atoms with Gasteiger partial charge in [-0.15, -0.1) is 0 Å². The zero-order chi connectivity index (χ0) is 20.2. The average Bonchev–Trinajstić information content (AvgIpc) is 2.54. The normalized spacial score (nSPS) is 14.3. The van der Waals surface area contributed by atoms with E-state index >= 15 is 0 Å². The molecule has 1 rings (SSSR count). The Balaban J connectivity index is 3.47. The molecule has 0 radical (unpaired) electrons. The van der Waals surface area contributed by atoms with Crippen molar-refractivity contribution in [2.45, 2.75) is 24.9 Å². The summed E-state index contributed by atoms with van der Waals surface area (Å²) in [4.78, 5) is 18.6. The van der Waals surface area contributed by atoms with Crippen molar-refractivity contribution in [2.75, 3.05) is 6.61 Å². The lowest BCUT2D eigenvalue weighted by Gasteiger charge is -2.28. The number of hydrogen-bond donors (Lipinski definition) is 1. The van der Waals surface area contributed by atoms with Gasteiger partial charge in [0.05, 0.1) is 6.61 Å². The Kier molecular flexibility index (Phi) is 6.34. The van der Waals surface area contributed by atoms with Crippen molar-refractivity contribution in [1.82, 2.24) is 4.98 Å². The largest absolute Gasteiger partial charge is 0.505 e. The number of carbonyl (C=O) groups excluding carboxylic acids is 1. The van der Waals surface area contributed by atoms with Crippen molar-refractivity contribution in [1.29, 1.82) is 0 Å². The first kappa shape index (κ1) is 21.4. The number of alkyl halides is 7. The highest BCUT2D eigenvalue weighted by atomic mass is 19.4. The van der Waals surface area contributed by atoms with Crippen LogP contribution in [0.5, 0.6) is 0 Å². The number of pyridine rings is 1. The van der Waals surface area contributed by atoms with Crippen molar-refractivity contribution in [3.05, 3.63) is 35.7 Å². The predicted molar refractivity (Wildman–Crippen MR) is 74.6 cm³/mol. The second-order valence-corrected chi connectivity index (χ2v) is 4.58. The topological polar surface area (TPSA) is 71.8 Å². The van der Waals surface area contributed by atoms with E-state index in [0.29, 0.717) is 0 Å². The third kappa shape index (κ3) is 4.29. The minimum Gasteiger partial charge on any atom is -0.505 e. The van der Waals surface area contributed by atoms with Gasteiger partial charge in [0.25, 0.3) is 0 Å². The van der Waals surface area contributed by atoms with Crippen molar-refractivity contribution in [2.24, 2.45) is 4.99 Å². The lowest BCUT2D eigenvalue weighted by molar-refractivity contribution is -0.349. The maximum absolute atomic E-state index is 13.6. The van der Waals surface area contributed by atoms with Gasteiger partial charge in [-0.1, -0.05) is 6.07 Å². The van der Waals surface area contributed by atoms with Crippen LogP contribution in [0.25, 0.3) is 0 Å². The maximum atomic E-state index is 13.6. The molecule has 0 bridgehead atoms. The first-order valence-electron chi connectivity index (χ1n) is 6.74. The van der Waals surface area contributed by atoms with Gasteiger partial charge in [0.15, 0.2) is 11.6 Å². The van der Waals surface area contributed by atoms with E-state index in [1.54, 1.807) is 0 Å². The van der Waals surface area contributed by atoms with Crippen LogP contribution in [-0.4, -0.2) is 46.9 Å². The first-order valence-corrected chi connectivity index (χ1v) is 6.74. The molecule has 0 amide bonds. The predicted octanol–water partition coefficient (Wildman–Crippen LogP) is 3.99. The van der Waals surface area contributed by atoms with E-state index in [4.69, 9.17) is 0 Å². The summed E-state index contributed by atoms with van der Waals surface area (Å²) in [5.74, 6) is -17.6. The molecule has 1 heterocycles. The van der Waals surface area contributed by atoms with E-state index in [1.165, 1.54) is 31.3 Å². The van der Waals surface area contributed by atoms with E-state index in [0.717, 1.165) is 0 Å². The number of hydrogen-bond acceptors (Lipinski definition) is 5. The van der Waals surface area contributed by atoms with Gasteiger partial charge in [-0.3, -0.25) is 0 Å². The molecule has 0 saturated carbocycles. The van der Waals surface area contributed by atoms with Gasteiger partial charge < -0.3 is 9.84 Å². The minimum atomic E-state index is -6.69. The van der Waals surface area contributed by atoms with Crippen LogP contribution in [0.1, 0.15) is 6.92 Å². The summed E-state index contributed by atoms with van der Waals surface area (Å²) in [6, 6.07) is 4.04. The summed E-state index contributed by atoms with van der Waals surface area (Å²) < 4.78 is 94.3. The van der Waals surface area contributed by atoms with Gasteiger partial charge in [0.1, 0.15) is 5.57 Å². The van der Waals surface area contributed by atoms with Crippen molar-refractivity contribution in [3.8, 4) is 0 Å². The highest BCUT2D eigenvalue weighted by molar-refractivity contribution is 6.10. The third-order valence-corrected chi connectivity index (χ3v) is 2.77. The molecule has 0 aliphatic carbocycles. The van der Waals surface area contributed by atoms with E-state index in [9.17, 15) is 40.6 Å². The average molecular weight is 388 g/mol. The number of rotatable bonds is 6. The molecule has 0 spiro atoms. The van der Waals surface area contributed by atoms with Crippen molar-refractivity contribution >= 4 is 18.0 Å². The van der Waals surface area contributed by atoms with Gasteiger partial charge in [0.2, 0.25) is 0 Å². The number of aliphatic hydroxyl groups is 1. The van der Waals surface area contributed by atoms with Gasteiger partial charge >= 0.3 is 24.0 Å². The Morgan fingerprint density at radius 3 is 2.31 bits per heavy atom. The number of halogens is 7. The molecule has 0 aromatic carbocycles. The molecule has 1 aromatic heterocycles. The number of aliphatic imine (C=N–C) groups is 1. The molecule has 26 heavy (non-hydrogen) atoms. The molecule has 0 aliphatic heterocycles. The van der Waals surface area contributed by atoms with Crippen molar-refractivity contribution < 1.29 is 45.4 Å². The summed E-state index contributed by atoms with van der Waals surface area (Å²) in [6.45, 7) is 0.777. The van der Waals surface area contributed by atoms with E-state index < -0.39 is 41.9 Å². The molecule has 12 heteroatoms. The number of aromatic nitrogens is 1. The van der Waals surface area contributed by atoms with Gasteiger partial charge in [-0.2, -0.15) is 30.7 Å². The van der Waals surface area contributed by atoms with Crippen LogP contribution in [0.3, 0.4) is 0 Å². The highest BCUT2D eigenvalue weighted by Gasteiger charge is 2.75. The Labute approximate surface area is 141 Å². The maximum Gasteiger partial charge on any atom is 0.460 e. The summed E-state index contributed by atoms with van der Waals surface area (Å²) >= 11 is 0. The quantitative estimate of drug-likeness (QED) is 0.263. The standard InChI is InChI=1S/C14H11F7N2O3/c1-2-26-11(25)8(7-23-9-5-3-4-6-22-9)10(24)12(15,16)13(17,18)14(19,20)21/h3-7,24H,2H2,1H3/b10-8+,23-7+. The Morgan fingerprint density at radius 1 is 1.23 bits per heavy atom. The van der Waals surface area contributed by atoms with Crippen LogP contribution in [0.15, 0.2) is 40.7 Å². The molecule has 0 unspecified atom stereocenters. The summed E-state index contributed by atoms with van der Waals surface area (Å²) in [7, 11) is 0. The number of esters is 1. The summed E-state index contributed by atoms with van der Waals surface area (Å²) in [6.07, 6.45) is -5.33. The van der Waals surface area contributed by atoms with Crippen molar-refractivity contribution in [3.63, 3.8) is 0 Å². The second-order valence-electron chi connectivity index (χ2n) is 4.58. The summed E-state index contributed by atoms with van der Waals surface area (Å²) in [5.41, 5.74) is -1.67. The fourth-order valence-corrected chi connectivity index (χ4v) is 1.48. The van der Waals surface area contributed by atoms with E-state index in [2.05, 4.69) is 14.7 Å². The van der Waals surface area contributed by atoms with Crippen LogP contribution in [0.4, 0.5) is 36.6 Å². The lowest BCUT2D eigenvalue weighted by Crippen LogP contribution is -2.53. The molecule has 0 saturated heterocycles. The van der Waals surface area contributed by atoms with E-state index in [-0.39, 0.29) is 12.0 Å². The Hall–Kier alpha value is -2.66. The van der Waals surface area contributed by atoms with Crippen LogP contribution in [0.2, 0.25) is 0 Å². The zero-order valence-electron chi connectivity index (χ0n) is 12.9. The molecule has 144 valence electrons. The molecule has 5 nitrogen and oxygen atoms in total. The van der Waals surface area contributed by atoms with Crippen LogP contribution in [0, 0.1) is 0 Å². The van der Waals surface area contributed by atoms with Gasteiger partial charge in [0, 0.05) is 12.4 Å². The highest BCUT2D eigenvalue weighted by Crippen LogP contribution is 2.49. The molecule has 0 fully saturated rings. The molecule has 1 aromatic rings. The van der Waals surface area contributed by atoms with E-state index in [1.807, 2.05) is 0 Å². The third-order valence-electron chi connectivity index (χ3n) is 2.77. The van der Waals surface area contributed by atoms with Crippen LogP contribution in [-0.2, 0) is 9.53 Å².